The van der Waals surface area contributed by atoms with Crippen molar-refractivity contribution in [2.75, 3.05) is 0 Å². The Labute approximate surface area is 145 Å². The van der Waals surface area contributed by atoms with Gasteiger partial charge in [0.25, 0.3) is 0 Å². The Morgan fingerprint density at radius 3 is 2.80 bits per heavy atom. The van der Waals surface area contributed by atoms with Crippen LogP contribution in [0.5, 0.6) is 0 Å². The number of nitrogens with zero attached hydrogens (tertiary/aromatic N) is 2. The molecule has 0 atom stereocenters. The minimum absolute atomic E-state index is 0.222. The zero-order chi connectivity index (χ0) is 17.2. The molecule has 0 radical (unpaired) electrons. The molecule has 0 saturated carbocycles. The molecule has 0 aliphatic rings. The molecular formula is C21H18FN2O+. The van der Waals surface area contributed by atoms with Crippen LogP contribution in [0.2, 0.25) is 0 Å². The zero-order valence-electron chi connectivity index (χ0n) is 13.9. The second-order valence-corrected chi connectivity index (χ2v) is 6.07. The Morgan fingerprint density at radius 1 is 1.04 bits per heavy atom. The van der Waals surface area contributed by atoms with Crippen LogP contribution in [0.15, 0.2) is 71.4 Å². The molecule has 4 heteroatoms. The van der Waals surface area contributed by atoms with Crippen molar-refractivity contribution in [3.8, 4) is 11.5 Å². The number of halogens is 1. The summed E-state index contributed by atoms with van der Waals surface area (Å²) >= 11 is 0. The van der Waals surface area contributed by atoms with Gasteiger partial charge in [-0.25, -0.2) is 9.37 Å². The maximum atomic E-state index is 13.4. The van der Waals surface area contributed by atoms with E-state index >= 15 is 0 Å². The molecule has 0 N–H and O–H groups in total. The lowest BCUT2D eigenvalue weighted by Crippen LogP contribution is -2.33. The van der Waals surface area contributed by atoms with Crippen molar-refractivity contribution in [3.05, 3.63) is 83.9 Å². The average Bonchev–Trinajstić information content (AvgIpc) is 3.05. The van der Waals surface area contributed by atoms with Gasteiger partial charge in [-0.05, 0) is 42.3 Å². The third-order valence-electron chi connectivity index (χ3n) is 4.22. The highest BCUT2D eigenvalue weighted by atomic mass is 19.1. The maximum absolute atomic E-state index is 13.4. The van der Waals surface area contributed by atoms with Crippen LogP contribution in [0.25, 0.3) is 22.6 Å². The first-order valence-corrected chi connectivity index (χ1v) is 8.34. The lowest BCUT2D eigenvalue weighted by molar-refractivity contribution is -0.687. The van der Waals surface area contributed by atoms with Gasteiger partial charge in [-0.3, -0.25) is 0 Å². The van der Waals surface area contributed by atoms with E-state index in [1.54, 1.807) is 12.1 Å². The monoisotopic (exact) mass is 333 g/mol. The minimum Gasteiger partial charge on any atom is -0.436 e. The first kappa shape index (κ1) is 15.5. The Kier molecular flexibility index (Phi) is 4.02. The van der Waals surface area contributed by atoms with Crippen LogP contribution in [0.4, 0.5) is 4.39 Å². The molecule has 2 aromatic heterocycles. The average molecular weight is 333 g/mol. The van der Waals surface area contributed by atoms with Gasteiger partial charge < -0.3 is 4.42 Å². The Morgan fingerprint density at radius 2 is 1.96 bits per heavy atom. The lowest BCUT2D eigenvalue weighted by Gasteiger charge is -1.99. The normalized spacial score (nSPS) is 11.1. The summed E-state index contributed by atoms with van der Waals surface area (Å²) in [4.78, 5) is 4.61. The fourth-order valence-electron chi connectivity index (χ4n) is 2.91. The smallest absolute Gasteiger partial charge is 0.233 e. The number of benzene rings is 2. The van der Waals surface area contributed by atoms with Crippen molar-refractivity contribution >= 4 is 11.1 Å². The van der Waals surface area contributed by atoms with Gasteiger partial charge >= 0.3 is 0 Å². The summed E-state index contributed by atoms with van der Waals surface area (Å²) in [6.45, 7) is 2.71. The van der Waals surface area contributed by atoms with E-state index in [0.717, 1.165) is 28.6 Å². The predicted octanol–water partition coefficient (Wildman–Crippen LogP) is 4.53. The molecule has 0 amide bonds. The highest BCUT2D eigenvalue weighted by Crippen LogP contribution is 2.24. The summed E-state index contributed by atoms with van der Waals surface area (Å²) < 4.78 is 21.2. The van der Waals surface area contributed by atoms with E-state index in [0.29, 0.717) is 12.4 Å². The predicted molar refractivity (Wildman–Crippen MR) is 94.5 cm³/mol. The van der Waals surface area contributed by atoms with Crippen molar-refractivity contribution in [3.63, 3.8) is 0 Å². The topological polar surface area (TPSA) is 29.9 Å². The molecule has 4 rings (SSSR count). The molecule has 0 aliphatic carbocycles. The van der Waals surface area contributed by atoms with Crippen molar-refractivity contribution in [1.29, 1.82) is 0 Å². The molecule has 0 aliphatic heterocycles. The fourth-order valence-corrected chi connectivity index (χ4v) is 2.91. The van der Waals surface area contributed by atoms with Gasteiger partial charge in [0.05, 0.1) is 0 Å². The van der Waals surface area contributed by atoms with Crippen molar-refractivity contribution < 1.29 is 13.4 Å². The van der Waals surface area contributed by atoms with E-state index in [4.69, 9.17) is 4.42 Å². The van der Waals surface area contributed by atoms with E-state index in [1.165, 1.54) is 11.6 Å². The van der Waals surface area contributed by atoms with Gasteiger partial charge in [0.2, 0.25) is 5.89 Å². The molecule has 2 heterocycles. The number of fused-ring (bicyclic) bond motifs is 1. The largest absolute Gasteiger partial charge is 0.436 e. The first-order valence-electron chi connectivity index (χ1n) is 8.34. The number of aromatic nitrogens is 2. The van der Waals surface area contributed by atoms with Crippen LogP contribution in [0, 0.1) is 5.82 Å². The van der Waals surface area contributed by atoms with Gasteiger partial charge in [0.1, 0.15) is 16.9 Å². The number of pyridine rings is 1. The van der Waals surface area contributed by atoms with Crippen LogP contribution in [-0.4, -0.2) is 4.98 Å². The molecule has 4 aromatic rings. The quantitative estimate of drug-likeness (QED) is 0.514. The lowest BCUT2D eigenvalue weighted by atomic mass is 10.1. The third kappa shape index (κ3) is 3.29. The molecule has 0 bridgehead atoms. The van der Waals surface area contributed by atoms with Crippen LogP contribution >= 0.6 is 0 Å². The van der Waals surface area contributed by atoms with Crippen LogP contribution < -0.4 is 4.57 Å². The summed E-state index contributed by atoms with van der Waals surface area (Å²) in [6, 6.07) is 16.6. The Balaban J connectivity index is 1.67. The SMILES string of the molecule is CCc1ccc2oc(-c3ccc[n+](Cc4cccc(F)c4)c3)nc2c1. The van der Waals surface area contributed by atoms with Gasteiger partial charge in [-0.1, -0.05) is 25.1 Å². The third-order valence-corrected chi connectivity index (χ3v) is 4.22. The van der Waals surface area contributed by atoms with Crippen molar-refractivity contribution in [2.45, 2.75) is 19.9 Å². The maximum Gasteiger partial charge on any atom is 0.233 e. The first-order chi connectivity index (χ1) is 12.2. The molecule has 0 spiro atoms. The molecule has 0 unspecified atom stereocenters. The molecule has 25 heavy (non-hydrogen) atoms. The van der Waals surface area contributed by atoms with Crippen molar-refractivity contribution in [1.82, 2.24) is 4.98 Å². The second kappa shape index (κ2) is 6.48. The van der Waals surface area contributed by atoms with Crippen molar-refractivity contribution in [2.24, 2.45) is 0 Å². The number of hydrogen-bond acceptors (Lipinski definition) is 2. The van der Waals surface area contributed by atoms with Gasteiger partial charge in [0, 0.05) is 11.6 Å². The standard InChI is InChI=1S/C21H18FN2O/c1-2-15-8-9-20-19(12-15)23-21(25-20)17-6-4-10-24(14-17)13-16-5-3-7-18(22)11-16/h3-12,14H,2,13H2,1H3/q+1. The molecule has 2 aromatic carbocycles. The summed E-state index contributed by atoms with van der Waals surface area (Å²) in [6.07, 6.45) is 4.89. The van der Waals surface area contributed by atoms with E-state index in [1.807, 2.05) is 41.2 Å². The minimum atomic E-state index is -0.222. The highest BCUT2D eigenvalue weighted by molar-refractivity contribution is 5.76. The number of hydrogen-bond donors (Lipinski definition) is 0. The summed E-state index contributed by atoms with van der Waals surface area (Å²) in [5.74, 6) is 0.372. The van der Waals surface area contributed by atoms with Crippen LogP contribution in [0.3, 0.4) is 0 Å². The number of aryl methyl sites for hydroxylation is 1. The van der Waals surface area contributed by atoms with Gasteiger partial charge in [-0.15, -0.1) is 0 Å². The fraction of sp³-hybridized carbons (Fsp3) is 0.143. The van der Waals surface area contributed by atoms with Crippen LogP contribution in [-0.2, 0) is 13.0 Å². The van der Waals surface area contributed by atoms with Gasteiger partial charge in [-0.2, -0.15) is 4.57 Å². The molecule has 124 valence electrons. The van der Waals surface area contributed by atoms with E-state index in [2.05, 4.69) is 24.0 Å². The zero-order valence-corrected chi connectivity index (χ0v) is 13.9. The van der Waals surface area contributed by atoms with E-state index in [9.17, 15) is 4.39 Å². The highest BCUT2D eigenvalue weighted by Gasteiger charge is 2.13. The van der Waals surface area contributed by atoms with E-state index in [-0.39, 0.29) is 5.82 Å². The Bertz CT molecular complexity index is 1040. The number of oxazole rings is 1. The molecule has 0 fully saturated rings. The van der Waals surface area contributed by atoms with E-state index < -0.39 is 0 Å². The Hall–Kier alpha value is -3.01. The summed E-state index contributed by atoms with van der Waals surface area (Å²) in [5.41, 5.74) is 4.70. The second-order valence-electron chi connectivity index (χ2n) is 6.07. The van der Waals surface area contributed by atoms with Crippen LogP contribution in [0.1, 0.15) is 18.1 Å². The number of rotatable bonds is 4. The molecule has 3 nitrogen and oxygen atoms in total. The molecular weight excluding hydrogens is 315 g/mol. The molecule has 0 saturated heterocycles. The summed E-state index contributed by atoms with van der Waals surface area (Å²) in [5, 5.41) is 0. The van der Waals surface area contributed by atoms with Gasteiger partial charge in [0.15, 0.2) is 24.5 Å². The summed E-state index contributed by atoms with van der Waals surface area (Å²) in [7, 11) is 0.